The maximum absolute atomic E-state index is 11.6. The third-order valence-electron chi connectivity index (χ3n) is 2.40. The molecule has 16 heavy (non-hydrogen) atoms. The zero-order valence-electron chi connectivity index (χ0n) is 10.5. The minimum Gasteiger partial charge on any atom is -0.444 e. The second-order valence-electron chi connectivity index (χ2n) is 5.48. The lowest BCUT2D eigenvalue weighted by atomic mass is 10.1. The van der Waals surface area contributed by atoms with Crippen molar-refractivity contribution in [3.05, 3.63) is 0 Å². The van der Waals surface area contributed by atoms with Gasteiger partial charge < -0.3 is 10.1 Å². The number of alkyl carbamates (subject to hydrolysis) is 1. The molecule has 1 unspecified atom stereocenters. The number of Topliss-reactive ketones (excluding diaryl/α,β-unsaturated/α-hetero) is 1. The van der Waals surface area contributed by atoms with Gasteiger partial charge in [0.1, 0.15) is 5.60 Å². The predicted molar refractivity (Wildman–Crippen MR) is 61.2 cm³/mol. The first kappa shape index (κ1) is 13.0. The summed E-state index contributed by atoms with van der Waals surface area (Å²) in [5.41, 5.74) is -0.524. The number of carbonyl (C=O) groups excluding carboxylic acids is 2. The summed E-state index contributed by atoms with van der Waals surface area (Å²) in [7, 11) is 0. The van der Waals surface area contributed by atoms with Crippen LogP contribution in [0.5, 0.6) is 0 Å². The van der Waals surface area contributed by atoms with Gasteiger partial charge in [-0.25, -0.2) is 4.79 Å². The SMILES string of the molecule is CC(NC(=O)OC(C)(C)C)C(=O)CC1CC1. The van der Waals surface area contributed by atoms with Crippen LogP contribution in [0, 0.1) is 5.92 Å². The van der Waals surface area contributed by atoms with E-state index in [2.05, 4.69) is 5.32 Å². The zero-order valence-corrected chi connectivity index (χ0v) is 10.5. The molecule has 1 saturated carbocycles. The molecule has 1 atom stereocenters. The van der Waals surface area contributed by atoms with Crippen LogP contribution in [0.2, 0.25) is 0 Å². The number of hydrogen-bond donors (Lipinski definition) is 1. The lowest BCUT2D eigenvalue weighted by molar-refractivity contribution is -0.121. The molecule has 0 radical (unpaired) electrons. The second-order valence-corrected chi connectivity index (χ2v) is 5.48. The molecule has 0 aromatic carbocycles. The number of amides is 1. The van der Waals surface area contributed by atoms with Crippen LogP contribution in [0.15, 0.2) is 0 Å². The Labute approximate surface area is 96.7 Å². The Morgan fingerprint density at radius 1 is 1.38 bits per heavy atom. The van der Waals surface area contributed by atoms with Crippen molar-refractivity contribution in [1.29, 1.82) is 0 Å². The number of ketones is 1. The highest BCUT2D eigenvalue weighted by molar-refractivity contribution is 5.87. The Morgan fingerprint density at radius 2 is 1.94 bits per heavy atom. The van der Waals surface area contributed by atoms with Crippen molar-refractivity contribution in [3.63, 3.8) is 0 Å². The van der Waals surface area contributed by atoms with Gasteiger partial charge in [0, 0.05) is 6.42 Å². The lowest BCUT2D eigenvalue weighted by Crippen LogP contribution is -2.41. The number of nitrogens with one attached hydrogen (secondary N) is 1. The van der Waals surface area contributed by atoms with Gasteiger partial charge in [-0.2, -0.15) is 0 Å². The summed E-state index contributed by atoms with van der Waals surface area (Å²) in [6, 6.07) is -0.449. The number of carbonyl (C=O) groups is 2. The summed E-state index contributed by atoms with van der Waals surface area (Å²) >= 11 is 0. The molecule has 1 aliphatic rings. The lowest BCUT2D eigenvalue weighted by Gasteiger charge is -2.21. The van der Waals surface area contributed by atoms with Gasteiger partial charge in [-0.15, -0.1) is 0 Å². The summed E-state index contributed by atoms with van der Waals surface area (Å²) in [4.78, 5) is 23.0. The van der Waals surface area contributed by atoms with E-state index in [9.17, 15) is 9.59 Å². The van der Waals surface area contributed by atoms with E-state index in [4.69, 9.17) is 4.74 Å². The topological polar surface area (TPSA) is 55.4 Å². The fourth-order valence-electron chi connectivity index (χ4n) is 1.35. The molecule has 0 aromatic rings. The smallest absolute Gasteiger partial charge is 0.408 e. The molecular formula is C12H21NO3. The Balaban J connectivity index is 2.29. The van der Waals surface area contributed by atoms with Crippen molar-refractivity contribution in [3.8, 4) is 0 Å². The third kappa shape index (κ3) is 5.14. The van der Waals surface area contributed by atoms with Gasteiger partial charge in [0.15, 0.2) is 5.78 Å². The fraction of sp³-hybridized carbons (Fsp3) is 0.833. The van der Waals surface area contributed by atoms with Crippen molar-refractivity contribution >= 4 is 11.9 Å². The van der Waals surface area contributed by atoms with Gasteiger partial charge in [-0.3, -0.25) is 4.79 Å². The van der Waals surface area contributed by atoms with Crippen molar-refractivity contribution in [2.75, 3.05) is 0 Å². The van der Waals surface area contributed by atoms with Gasteiger partial charge in [-0.1, -0.05) is 0 Å². The summed E-state index contributed by atoms with van der Waals surface area (Å²) in [5, 5.41) is 2.56. The molecule has 0 aromatic heterocycles. The Hall–Kier alpha value is -1.06. The molecule has 1 N–H and O–H groups in total. The van der Waals surface area contributed by atoms with Gasteiger partial charge in [0.25, 0.3) is 0 Å². The number of rotatable bonds is 4. The molecule has 1 aliphatic carbocycles. The van der Waals surface area contributed by atoms with E-state index in [1.165, 1.54) is 0 Å². The Bertz CT molecular complexity index is 276. The van der Waals surface area contributed by atoms with E-state index in [0.29, 0.717) is 12.3 Å². The van der Waals surface area contributed by atoms with Gasteiger partial charge in [0.2, 0.25) is 0 Å². The van der Waals surface area contributed by atoms with Crippen LogP contribution in [0.1, 0.15) is 47.0 Å². The first-order valence-corrected chi connectivity index (χ1v) is 5.80. The minimum atomic E-state index is -0.524. The van der Waals surface area contributed by atoms with Gasteiger partial charge in [0.05, 0.1) is 6.04 Å². The first-order valence-electron chi connectivity index (χ1n) is 5.80. The maximum Gasteiger partial charge on any atom is 0.408 e. The van der Waals surface area contributed by atoms with Crippen LogP contribution in [0.3, 0.4) is 0 Å². The van der Waals surface area contributed by atoms with E-state index in [1.54, 1.807) is 27.7 Å². The molecule has 0 saturated heterocycles. The van der Waals surface area contributed by atoms with Crippen LogP contribution in [0.4, 0.5) is 4.79 Å². The van der Waals surface area contributed by atoms with Crippen LogP contribution in [-0.4, -0.2) is 23.5 Å². The highest BCUT2D eigenvalue weighted by atomic mass is 16.6. The summed E-state index contributed by atoms with van der Waals surface area (Å²) < 4.78 is 5.08. The minimum absolute atomic E-state index is 0.0911. The Kier molecular flexibility index (Phi) is 3.94. The summed E-state index contributed by atoms with van der Waals surface area (Å²) in [6.45, 7) is 7.09. The van der Waals surface area contributed by atoms with Crippen LogP contribution < -0.4 is 5.32 Å². The van der Waals surface area contributed by atoms with Crippen molar-refractivity contribution in [1.82, 2.24) is 5.32 Å². The average Bonchev–Trinajstić information content (AvgIpc) is 2.83. The van der Waals surface area contributed by atoms with E-state index < -0.39 is 17.7 Å². The molecule has 1 amide bonds. The molecule has 4 nitrogen and oxygen atoms in total. The van der Waals surface area contributed by atoms with E-state index in [-0.39, 0.29) is 5.78 Å². The zero-order chi connectivity index (χ0) is 12.3. The molecular weight excluding hydrogens is 206 g/mol. The van der Waals surface area contributed by atoms with Crippen LogP contribution >= 0.6 is 0 Å². The van der Waals surface area contributed by atoms with Crippen LogP contribution in [-0.2, 0) is 9.53 Å². The number of hydrogen-bond acceptors (Lipinski definition) is 3. The van der Waals surface area contributed by atoms with Gasteiger partial charge in [-0.05, 0) is 46.5 Å². The quantitative estimate of drug-likeness (QED) is 0.801. The third-order valence-corrected chi connectivity index (χ3v) is 2.40. The molecule has 0 spiro atoms. The standard InChI is InChI=1S/C12H21NO3/c1-8(10(14)7-9-5-6-9)13-11(15)16-12(2,3)4/h8-9H,5-7H2,1-4H3,(H,13,15). The normalized spacial score (nSPS) is 17.8. The van der Waals surface area contributed by atoms with E-state index in [0.717, 1.165) is 12.8 Å². The predicted octanol–water partition coefficient (Wildman–Crippen LogP) is 2.27. The highest BCUT2D eigenvalue weighted by Crippen LogP contribution is 2.32. The molecule has 0 heterocycles. The first-order chi connectivity index (χ1) is 7.28. The fourth-order valence-corrected chi connectivity index (χ4v) is 1.35. The monoisotopic (exact) mass is 227 g/mol. The Morgan fingerprint density at radius 3 is 2.38 bits per heavy atom. The largest absolute Gasteiger partial charge is 0.444 e. The summed E-state index contributed by atoms with van der Waals surface area (Å²) in [6.07, 6.45) is 2.34. The molecule has 0 bridgehead atoms. The van der Waals surface area contributed by atoms with Crippen LogP contribution in [0.25, 0.3) is 0 Å². The van der Waals surface area contributed by atoms with E-state index >= 15 is 0 Å². The van der Waals surface area contributed by atoms with Crippen molar-refractivity contribution < 1.29 is 14.3 Å². The number of ether oxygens (including phenoxy) is 1. The summed E-state index contributed by atoms with van der Waals surface area (Å²) in [5.74, 6) is 0.642. The van der Waals surface area contributed by atoms with Crippen molar-refractivity contribution in [2.24, 2.45) is 5.92 Å². The van der Waals surface area contributed by atoms with Crippen molar-refractivity contribution in [2.45, 2.75) is 58.6 Å². The molecule has 92 valence electrons. The molecule has 0 aliphatic heterocycles. The average molecular weight is 227 g/mol. The van der Waals surface area contributed by atoms with Gasteiger partial charge >= 0.3 is 6.09 Å². The second kappa shape index (κ2) is 4.85. The van der Waals surface area contributed by atoms with E-state index in [1.807, 2.05) is 0 Å². The highest BCUT2D eigenvalue weighted by Gasteiger charge is 2.28. The maximum atomic E-state index is 11.6. The molecule has 4 heteroatoms. The molecule has 1 fully saturated rings. The molecule has 1 rings (SSSR count).